The Hall–Kier alpha value is -3.42. The minimum atomic E-state index is -0.508. The molecular formula is C20H23N3O5. The normalized spacial score (nSPS) is 10.7. The predicted molar refractivity (Wildman–Crippen MR) is 106 cm³/mol. The van der Waals surface area contributed by atoms with E-state index >= 15 is 0 Å². The molecule has 0 aromatic heterocycles. The summed E-state index contributed by atoms with van der Waals surface area (Å²) in [5.41, 5.74) is 4.86. The first-order chi connectivity index (χ1) is 13.4. The summed E-state index contributed by atoms with van der Waals surface area (Å²) in [5, 5.41) is 14.7. The van der Waals surface area contributed by atoms with E-state index in [9.17, 15) is 14.9 Å². The molecule has 0 saturated heterocycles. The monoisotopic (exact) mass is 385 g/mol. The number of ether oxygens (including phenoxy) is 2. The maximum atomic E-state index is 11.0. The number of amides is 1. The van der Waals surface area contributed by atoms with Crippen molar-refractivity contribution >= 4 is 17.8 Å². The molecule has 0 spiro atoms. The lowest BCUT2D eigenvalue weighted by molar-refractivity contribution is -0.384. The fourth-order valence-electron chi connectivity index (χ4n) is 2.50. The molecule has 8 heteroatoms. The van der Waals surface area contributed by atoms with Gasteiger partial charge in [-0.15, -0.1) is 0 Å². The number of hydrogen-bond acceptors (Lipinski definition) is 6. The van der Waals surface area contributed by atoms with Crippen LogP contribution in [0.3, 0.4) is 0 Å². The zero-order valence-corrected chi connectivity index (χ0v) is 16.1. The van der Waals surface area contributed by atoms with Crippen molar-refractivity contribution in [1.29, 1.82) is 0 Å². The summed E-state index contributed by atoms with van der Waals surface area (Å²) in [6, 6.07) is 10.2. The number of carbonyl (C=O) groups excluding carboxylic acids is 1. The summed E-state index contributed by atoms with van der Waals surface area (Å²) in [6.45, 7) is 5.97. The zero-order chi connectivity index (χ0) is 20.5. The molecule has 2 aromatic rings. The van der Waals surface area contributed by atoms with Crippen LogP contribution in [0.5, 0.6) is 11.5 Å². The molecule has 148 valence electrons. The van der Waals surface area contributed by atoms with Gasteiger partial charge in [0.25, 0.3) is 5.69 Å². The summed E-state index contributed by atoms with van der Waals surface area (Å²) in [5.74, 6) is 0.834. The lowest BCUT2D eigenvalue weighted by Crippen LogP contribution is -2.13. The van der Waals surface area contributed by atoms with Gasteiger partial charge in [0.15, 0.2) is 0 Å². The number of aryl methyl sites for hydroxylation is 2. The molecular weight excluding hydrogens is 362 g/mol. The standard InChI is InChI=1S/C20H23N3O5/c1-4-16-9-14(2)10-19(11-16)27-7-8-28-20-6-5-18(23(25)26)12-17(20)13-21-22-15(3)24/h5-6,9-13H,4,7-8H2,1-3H3,(H,22,24)/b21-13+. The minimum Gasteiger partial charge on any atom is -0.490 e. The van der Waals surface area contributed by atoms with Crippen molar-refractivity contribution in [3.05, 3.63) is 63.2 Å². The van der Waals surface area contributed by atoms with Gasteiger partial charge in [0.05, 0.1) is 11.1 Å². The van der Waals surface area contributed by atoms with Gasteiger partial charge in [0.2, 0.25) is 5.91 Å². The minimum absolute atomic E-state index is 0.0975. The van der Waals surface area contributed by atoms with Gasteiger partial charge >= 0.3 is 0 Å². The molecule has 0 fully saturated rings. The van der Waals surface area contributed by atoms with E-state index in [4.69, 9.17) is 9.47 Å². The van der Waals surface area contributed by atoms with Crippen LogP contribution in [0.1, 0.15) is 30.5 Å². The van der Waals surface area contributed by atoms with Gasteiger partial charge in [0, 0.05) is 24.6 Å². The average molecular weight is 385 g/mol. The van der Waals surface area contributed by atoms with Crippen LogP contribution in [-0.4, -0.2) is 30.3 Å². The first-order valence-corrected chi connectivity index (χ1v) is 8.83. The molecule has 28 heavy (non-hydrogen) atoms. The van der Waals surface area contributed by atoms with E-state index in [1.807, 2.05) is 19.1 Å². The van der Waals surface area contributed by atoms with E-state index in [-0.39, 0.29) is 18.2 Å². The number of non-ortho nitro benzene ring substituents is 1. The van der Waals surface area contributed by atoms with Crippen LogP contribution in [0, 0.1) is 17.0 Å². The van der Waals surface area contributed by atoms with Crippen molar-refractivity contribution in [3.8, 4) is 11.5 Å². The van der Waals surface area contributed by atoms with E-state index in [2.05, 4.69) is 23.5 Å². The van der Waals surface area contributed by atoms with Gasteiger partial charge in [-0.1, -0.05) is 13.0 Å². The highest BCUT2D eigenvalue weighted by molar-refractivity contribution is 5.85. The highest BCUT2D eigenvalue weighted by atomic mass is 16.6. The molecule has 0 aliphatic heterocycles. The molecule has 1 N–H and O–H groups in total. The molecule has 0 heterocycles. The maximum absolute atomic E-state index is 11.0. The summed E-state index contributed by atoms with van der Waals surface area (Å²) < 4.78 is 11.4. The van der Waals surface area contributed by atoms with Crippen LogP contribution in [0.2, 0.25) is 0 Å². The Labute approximate surface area is 163 Å². The Morgan fingerprint density at radius 1 is 1.21 bits per heavy atom. The molecule has 0 radical (unpaired) electrons. The highest BCUT2D eigenvalue weighted by Gasteiger charge is 2.11. The molecule has 0 unspecified atom stereocenters. The van der Waals surface area contributed by atoms with Crippen molar-refractivity contribution in [3.63, 3.8) is 0 Å². The van der Waals surface area contributed by atoms with E-state index in [0.717, 1.165) is 17.7 Å². The summed E-state index contributed by atoms with van der Waals surface area (Å²) in [6.07, 6.45) is 2.23. The van der Waals surface area contributed by atoms with Crippen LogP contribution in [0.4, 0.5) is 5.69 Å². The molecule has 0 aliphatic rings. The third kappa shape index (κ3) is 6.39. The van der Waals surface area contributed by atoms with Gasteiger partial charge in [-0.2, -0.15) is 5.10 Å². The third-order valence-electron chi connectivity index (χ3n) is 3.76. The number of carbonyl (C=O) groups is 1. The Bertz CT molecular complexity index is 880. The van der Waals surface area contributed by atoms with Gasteiger partial charge in [-0.3, -0.25) is 14.9 Å². The van der Waals surface area contributed by atoms with E-state index in [1.165, 1.54) is 36.9 Å². The van der Waals surface area contributed by atoms with Crippen LogP contribution in [0.15, 0.2) is 41.5 Å². The molecule has 2 rings (SSSR count). The van der Waals surface area contributed by atoms with Crippen molar-refractivity contribution < 1.29 is 19.2 Å². The number of hydrogen-bond donors (Lipinski definition) is 1. The molecule has 0 atom stereocenters. The number of nitrogens with one attached hydrogen (secondary N) is 1. The Morgan fingerprint density at radius 2 is 1.96 bits per heavy atom. The van der Waals surface area contributed by atoms with Crippen LogP contribution < -0.4 is 14.9 Å². The molecule has 2 aromatic carbocycles. The van der Waals surface area contributed by atoms with E-state index in [1.54, 1.807) is 0 Å². The average Bonchev–Trinajstić information content (AvgIpc) is 2.65. The number of nitro groups is 1. The lowest BCUT2D eigenvalue weighted by atomic mass is 10.1. The summed E-state index contributed by atoms with van der Waals surface area (Å²) in [7, 11) is 0. The van der Waals surface area contributed by atoms with Crippen LogP contribution >= 0.6 is 0 Å². The lowest BCUT2D eigenvalue weighted by Gasteiger charge is -2.11. The molecule has 1 amide bonds. The third-order valence-corrected chi connectivity index (χ3v) is 3.76. The van der Waals surface area contributed by atoms with Gasteiger partial charge in [-0.25, -0.2) is 5.43 Å². The van der Waals surface area contributed by atoms with Gasteiger partial charge < -0.3 is 9.47 Å². The fourth-order valence-corrected chi connectivity index (χ4v) is 2.50. The van der Waals surface area contributed by atoms with Gasteiger partial charge in [-0.05, 0) is 42.7 Å². The van der Waals surface area contributed by atoms with Crippen molar-refractivity contribution in [1.82, 2.24) is 5.43 Å². The number of benzene rings is 2. The fraction of sp³-hybridized carbons (Fsp3) is 0.300. The number of nitro benzene ring substituents is 1. The largest absolute Gasteiger partial charge is 0.490 e. The van der Waals surface area contributed by atoms with Crippen molar-refractivity contribution in [2.24, 2.45) is 5.10 Å². The zero-order valence-electron chi connectivity index (χ0n) is 16.1. The second-order valence-corrected chi connectivity index (χ2v) is 6.11. The second kappa shape index (κ2) is 10.1. The second-order valence-electron chi connectivity index (χ2n) is 6.11. The van der Waals surface area contributed by atoms with Crippen LogP contribution in [-0.2, 0) is 11.2 Å². The molecule has 0 bridgehead atoms. The highest BCUT2D eigenvalue weighted by Crippen LogP contribution is 2.23. The van der Waals surface area contributed by atoms with Gasteiger partial charge in [0.1, 0.15) is 24.7 Å². The molecule has 0 saturated carbocycles. The van der Waals surface area contributed by atoms with Crippen LogP contribution in [0.25, 0.3) is 0 Å². The Morgan fingerprint density at radius 3 is 2.64 bits per heavy atom. The smallest absolute Gasteiger partial charge is 0.270 e. The quantitative estimate of drug-likeness (QED) is 0.308. The van der Waals surface area contributed by atoms with E-state index < -0.39 is 4.92 Å². The number of nitrogens with zero attached hydrogens (tertiary/aromatic N) is 2. The SMILES string of the molecule is CCc1cc(C)cc(OCCOc2ccc([N+](=O)[O-])cc2/C=N/NC(C)=O)c1. The summed E-state index contributed by atoms with van der Waals surface area (Å²) >= 11 is 0. The Balaban J connectivity index is 2.02. The van der Waals surface area contributed by atoms with Crippen molar-refractivity contribution in [2.45, 2.75) is 27.2 Å². The first kappa shape index (κ1) is 20.9. The Kier molecular flexibility index (Phi) is 7.50. The first-order valence-electron chi connectivity index (χ1n) is 8.83. The predicted octanol–water partition coefficient (Wildman–Crippen LogP) is 3.39. The summed E-state index contributed by atoms with van der Waals surface area (Å²) in [4.78, 5) is 21.4. The maximum Gasteiger partial charge on any atom is 0.270 e. The number of hydrazone groups is 1. The topological polar surface area (TPSA) is 103 Å². The van der Waals surface area contributed by atoms with Crippen molar-refractivity contribution in [2.75, 3.05) is 13.2 Å². The molecule has 8 nitrogen and oxygen atoms in total. The van der Waals surface area contributed by atoms with E-state index in [0.29, 0.717) is 17.9 Å². The molecule has 0 aliphatic carbocycles. The number of rotatable bonds is 9.